The first-order valence-corrected chi connectivity index (χ1v) is 16.4. The quantitative estimate of drug-likeness (QED) is 0.113. The fourth-order valence-electron chi connectivity index (χ4n) is 5.62. The number of carbonyl (C=O) groups is 2. The number of benzene rings is 5. The van der Waals surface area contributed by atoms with Crippen molar-refractivity contribution in [2.24, 2.45) is 5.73 Å². The van der Waals surface area contributed by atoms with Crippen LogP contribution in [0.1, 0.15) is 54.5 Å². The van der Waals surface area contributed by atoms with E-state index in [0.29, 0.717) is 45.4 Å². The zero-order valence-electron chi connectivity index (χ0n) is 28.0. The minimum atomic E-state index is -1.02. The Labute approximate surface area is 303 Å². The van der Waals surface area contributed by atoms with Gasteiger partial charge < -0.3 is 20.5 Å². The van der Waals surface area contributed by atoms with Gasteiger partial charge in [0.15, 0.2) is 0 Å². The first-order valence-electron chi connectivity index (χ1n) is 16.1. The van der Waals surface area contributed by atoms with Crippen LogP contribution in [0.5, 0.6) is 17.2 Å². The lowest BCUT2D eigenvalue weighted by molar-refractivity contribution is -0.132. The molecule has 0 saturated heterocycles. The molecule has 0 fully saturated rings. The second kappa shape index (κ2) is 17.8. The van der Waals surface area contributed by atoms with Crippen molar-refractivity contribution in [2.75, 3.05) is 7.11 Å². The Bertz CT molecular complexity index is 1920. The molecule has 5 rings (SSSR count). The molecule has 2 amide bonds. The number of nitrogens with two attached hydrogens (primary N) is 1. The normalized spacial score (nSPS) is 12.6. The molecule has 0 spiro atoms. The van der Waals surface area contributed by atoms with E-state index in [9.17, 15) is 14.0 Å². The number of hydrogen-bond donors (Lipinski definition) is 3. The number of amides is 2. The average Bonchev–Trinajstić information content (AvgIpc) is 3.10. The van der Waals surface area contributed by atoms with Gasteiger partial charge in [0, 0.05) is 34.3 Å². The standard InChI is InChI=1S/C40H39ClFN3O4.ClH/c1-4-35(44-24-29-13-8-9-16-34(29)42)39(46)45-40(47)38(28-17-19-32(36(22-28)48-3)26-11-6-5-7-12-26)33-20-18-30(41)23-37(33)49-31-15-10-14-27(21-31)25(2)43;/h5-23,25,35,38,44H,4,24,43H2,1-3H3,(H,45,46,47);1H/t25-,35?,38?;/m0./s1. The molecule has 2 unspecified atom stereocenters. The van der Waals surface area contributed by atoms with Gasteiger partial charge in [0.2, 0.25) is 11.8 Å². The third kappa shape index (κ3) is 9.28. The van der Waals surface area contributed by atoms with Crippen LogP contribution in [0.3, 0.4) is 0 Å². The molecule has 10 heteroatoms. The molecule has 50 heavy (non-hydrogen) atoms. The monoisotopic (exact) mass is 715 g/mol. The molecule has 0 heterocycles. The van der Waals surface area contributed by atoms with Gasteiger partial charge in [-0.2, -0.15) is 0 Å². The largest absolute Gasteiger partial charge is 0.496 e. The molecule has 3 atom stereocenters. The molecular weight excluding hydrogens is 676 g/mol. The lowest BCUT2D eigenvalue weighted by atomic mass is 9.88. The third-order valence-electron chi connectivity index (χ3n) is 8.27. The van der Waals surface area contributed by atoms with Gasteiger partial charge in [0.05, 0.1) is 19.1 Å². The summed E-state index contributed by atoms with van der Waals surface area (Å²) in [6.45, 7) is 3.81. The predicted molar refractivity (Wildman–Crippen MR) is 199 cm³/mol. The number of ether oxygens (including phenoxy) is 2. The van der Waals surface area contributed by atoms with Gasteiger partial charge in [0.25, 0.3) is 0 Å². The molecule has 0 saturated carbocycles. The van der Waals surface area contributed by atoms with Crippen LogP contribution in [-0.4, -0.2) is 25.0 Å². The predicted octanol–water partition coefficient (Wildman–Crippen LogP) is 8.73. The molecule has 0 aliphatic carbocycles. The molecule has 0 radical (unpaired) electrons. The van der Waals surface area contributed by atoms with Gasteiger partial charge >= 0.3 is 0 Å². The number of carbonyl (C=O) groups excluding carboxylic acids is 2. The van der Waals surface area contributed by atoms with E-state index in [1.54, 1.807) is 55.6 Å². The highest BCUT2D eigenvalue weighted by Gasteiger charge is 2.30. The van der Waals surface area contributed by atoms with Gasteiger partial charge in [-0.15, -0.1) is 12.4 Å². The smallest absolute Gasteiger partial charge is 0.243 e. The van der Waals surface area contributed by atoms with Crippen LogP contribution in [0.2, 0.25) is 5.02 Å². The van der Waals surface area contributed by atoms with Crippen LogP contribution in [0.4, 0.5) is 4.39 Å². The Hall–Kier alpha value is -4.73. The van der Waals surface area contributed by atoms with E-state index in [2.05, 4.69) is 10.6 Å². The van der Waals surface area contributed by atoms with Crippen molar-refractivity contribution in [3.8, 4) is 28.4 Å². The van der Waals surface area contributed by atoms with Gasteiger partial charge in [-0.25, -0.2) is 4.39 Å². The number of imide groups is 1. The topological polar surface area (TPSA) is 103 Å². The second-order valence-corrected chi connectivity index (χ2v) is 12.1. The molecule has 0 aromatic heterocycles. The van der Waals surface area contributed by atoms with Crippen molar-refractivity contribution in [1.82, 2.24) is 10.6 Å². The van der Waals surface area contributed by atoms with Crippen molar-refractivity contribution in [3.63, 3.8) is 0 Å². The number of nitrogens with one attached hydrogen (secondary N) is 2. The first-order chi connectivity index (χ1) is 23.7. The Balaban J connectivity index is 0.00000562. The minimum Gasteiger partial charge on any atom is -0.496 e. The molecule has 0 aliphatic rings. The van der Waals surface area contributed by atoms with Crippen molar-refractivity contribution in [3.05, 3.63) is 148 Å². The van der Waals surface area contributed by atoms with E-state index in [4.69, 9.17) is 26.8 Å². The number of halogens is 3. The molecule has 5 aromatic carbocycles. The van der Waals surface area contributed by atoms with Gasteiger partial charge in [-0.1, -0.05) is 97.4 Å². The van der Waals surface area contributed by atoms with Crippen LogP contribution in [0.25, 0.3) is 11.1 Å². The van der Waals surface area contributed by atoms with Crippen LogP contribution < -0.4 is 25.8 Å². The van der Waals surface area contributed by atoms with E-state index in [-0.39, 0.29) is 30.8 Å². The van der Waals surface area contributed by atoms with Gasteiger partial charge in [-0.05, 0) is 66.4 Å². The van der Waals surface area contributed by atoms with Crippen molar-refractivity contribution in [1.29, 1.82) is 0 Å². The molecule has 5 aromatic rings. The molecule has 0 bridgehead atoms. The number of methoxy groups -OCH3 is 1. The lowest BCUT2D eigenvalue weighted by Crippen LogP contribution is -2.47. The van der Waals surface area contributed by atoms with E-state index < -0.39 is 23.8 Å². The minimum absolute atomic E-state index is 0. The molecular formula is C40H40Cl2FN3O4. The molecule has 4 N–H and O–H groups in total. The van der Waals surface area contributed by atoms with E-state index in [1.165, 1.54) is 6.07 Å². The number of hydrogen-bond acceptors (Lipinski definition) is 6. The summed E-state index contributed by atoms with van der Waals surface area (Å²) in [7, 11) is 1.57. The van der Waals surface area contributed by atoms with Gasteiger partial charge in [0.1, 0.15) is 23.1 Å². The summed E-state index contributed by atoms with van der Waals surface area (Å²) in [4.78, 5) is 27.9. The summed E-state index contributed by atoms with van der Waals surface area (Å²) >= 11 is 6.46. The highest BCUT2D eigenvalue weighted by molar-refractivity contribution is 6.30. The summed E-state index contributed by atoms with van der Waals surface area (Å²) < 4.78 is 26.5. The summed E-state index contributed by atoms with van der Waals surface area (Å²) in [5.74, 6) is -1.13. The maximum absolute atomic E-state index is 14.3. The summed E-state index contributed by atoms with van der Waals surface area (Å²) in [6.07, 6.45) is 0.364. The zero-order valence-corrected chi connectivity index (χ0v) is 29.6. The highest BCUT2D eigenvalue weighted by atomic mass is 35.5. The molecule has 7 nitrogen and oxygen atoms in total. The van der Waals surface area contributed by atoms with E-state index in [1.807, 2.05) is 74.5 Å². The van der Waals surface area contributed by atoms with Crippen molar-refractivity contribution >= 4 is 35.8 Å². The van der Waals surface area contributed by atoms with Crippen LogP contribution >= 0.6 is 24.0 Å². The summed E-state index contributed by atoms with van der Waals surface area (Å²) in [6, 6.07) is 33.0. The number of rotatable bonds is 13. The van der Waals surface area contributed by atoms with E-state index in [0.717, 1.165) is 16.7 Å². The molecule has 0 aliphatic heterocycles. The van der Waals surface area contributed by atoms with Crippen LogP contribution in [0, 0.1) is 5.82 Å². The Morgan fingerprint density at radius 3 is 2.28 bits per heavy atom. The van der Waals surface area contributed by atoms with Crippen LogP contribution in [0.15, 0.2) is 115 Å². The fraction of sp³-hybridized carbons (Fsp3) is 0.200. The Morgan fingerprint density at radius 2 is 1.58 bits per heavy atom. The van der Waals surface area contributed by atoms with Gasteiger partial charge in [-0.3, -0.25) is 14.9 Å². The lowest BCUT2D eigenvalue weighted by Gasteiger charge is -2.23. The Morgan fingerprint density at radius 1 is 0.840 bits per heavy atom. The first kappa shape index (κ1) is 38.1. The third-order valence-corrected chi connectivity index (χ3v) is 8.51. The van der Waals surface area contributed by atoms with Crippen molar-refractivity contribution < 1.29 is 23.5 Å². The fourth-order valence-corrected chi connectivity index (χ4v) is 5.78. The molecule has 260 valence electrons. The SMILES string of the molecule is CCC(NCc1ccccc1F)C(=O)NC(=O)C(c1ccc(-c2ccccc2)c(OC)c1)c1ccc(Cl)cc1Oc1cccc([C@H](C)N)c1.Cl. The maximum atomic E-state index is 14.3. The van der Waals surface area contributed by atoms with Crippen molar-refractivity contribution in [2.45, 2.75) is 44.8 Å². The summed E-state index contributed by atoms with van der Waals surface area (Å²) in [5, 5.41) is 6.10. The summed E-state index contributed by atoms with van der Waals surface area (Å²) in [5.41, 5.74) is 10.2. The van der Waals surface area contributed by atoms with E-state index >= 15 is 0 Å². The second-order valence-electron chi connectivity index (χ2n) is 11.7. The maximum Gasteiger partial charge on any atom is 0.243 e. The highest BCUT2D eigenvalue weighted by Crippen LogP contribution is 2.40. The Kier molecular flexibility index (Phi) is 13.5. The average molecular weight is 717 g/mol. The van der Waals surface area contributed by atoms with Crippen LogP contribution in [-0.2, 0) is 16.1 Å². The zero-order chi connectivity index (χ0) is 34.9.